The normalized spacial score (nSPS) is 40.8. The SMILES string of the molecule is C=Cc1cc(C2=CCC3[C@@]45CC[C@]6(C[C@H](N(C)C)[C@@H](O)[C@H](O)C6=CC4=CC(C)(C)[C@]23C)O5)ccc1C=NC. The first kappa shape index (κ1) is 25.9. The molecule has 1 aromatic carbocycles. The number of hydrogen-bond acceptors (Lipinski definition) is 5. The minimum Gasteiger partial charge on any atom is -0.388 e. The van der Waals surface area contributed by atoms with E-state index in [1.54, 1.807) is 7.05 Å². The Kier molecular flexibility index (Phi) is 5.70. The Labute approximate surface area is 227 Å². The Morgan fingerprint density at radius 3 is 2.58 bits per heavy atom. The van der Waals surface area contributed by atoms with Crippen molar-refractivity contribution in [2.45, 2.75) is 75.9 Å². The number of rotatable bonds is 4. The van der Waals surface area contributed by atoms with Crippen LogP contribution in [0.25, 0.3) is 11.6 Å². The Balaban J connectivity index is 1.47. The lowest BCUT2D eigenvalue weighted by Crippen LogP contribution is -2.63. The summed E-state index contributed by atoms with van der Waals surface area (Å²) in [5, 5.41) is 22.3. The van der Waals surface area contributed by atoms with Crippen LogP contribution in [0.3, 0.4) is 0 Å². The molecule has 0 aromatic heterocycles. The van der Waals surface area contributed by atoms with Crippen LogP contribution >= 0.6 is 0 Å². The van der Waals surface area contributed by atoms with Crippen molar-refractivity contribution in [3.05, 3.63) is 70.8 Å². The second kappa shape index (κ2) is 8.34. The Hall–Kier alpha value is -2.31. The maximum absolute atomic E-state index is 11.3. The molecule has 2 fully saturated rings. The topological polar surface area (TPSA) is 65.3 Å². The second-order valence-corrected chi connectivity index (χ2v) is 13.1. The van der Waals surface area contributed by atoms with Crippen LogP contribution in [-0.4, -0.2) is 71.9 Å². The zero-order valence-corrected chi connectivity index (χ0v) is 23.7. The zero-order chi connectivity index (χ0) is 27.3. The summed E-state index contributed by atoms with van der Waals surface area (Å²) >= 11 is 0. The van der Waals surface area contributed by atoms with Gasteiger partial charge in [0.1, 0.15) is 6.10 Å². The molecule has 6 rings (SSSR count). The minimum atomic E-state index is -0.913. The highest BCUT2D eigenvalue weighted by atomic mass is 16.5. The van der Waals surface area contributed by atoms with E-state index in [1.807, 2.05) is 31.3 Å². The summed E-state index contributed by atoms with van der Waals surface area (Å²) in [4.78, 5) is 6.25. The average Bonchev–Trinajstić information content (AvgIpc) is 3.40. The molecule has 2 aliphatic heterocycles. The third-order valence-electron chi connectivity index (χ3n) is 11.0. The molecule has 1 unspecified atom stereocenters. The maximum atomic E-state index is 11.3. The van der Waals surface area contributed by atoms with E-state index in [1.165, 1.54) is 16.7 Å². The van der Waals surface area contributed by atoms with Gasteiger partial charge in [0.05, 0.1) is 17.3 Å². The fraction of sp³-hybridized carbons (Fsp3) is 0.545. The smallest absolute Gasteiger partial charge is 0.105 e. The number of allylic oxidation sites excluding steroid dienone is 3. The van der Waals surface area contributed by atoms with Crippen molar-refractivity contribution in [2.75, 3.05) is 21.1 Å². The molecule has 0 amide bonds. The van der Waals surface area contributed by atoms with E-state index in [-0.39, 0.29) is 28.4 Å². The van der Waals surface area contributed by atoms with Crippen LogP contribution in [0.4, 0.5) is 0 Å². The van der Waals surface area contributed by atoms with Gasteiger partial charge in [-0.05, 0) is 84.7 Å². The van der Waals surface area contributed by atoms with Crippen LogP contribution in [0.2, 0.25) is 0 Å². The molecule has 2 heterocycles. The van der Waals surface area contributed by atoms with E-state index >= 15 is 0 Å². The van der Waals surface area contributed by atoms with Gasteiger partial charge in [-0.25, -0.2) is 0 Å². The summed E-state index contributed by atoms with van der Waals surface area (Å²) in [7, 11) is 5.76. The van der Waals surface area contributed by atoms with Gasteiger partial charge in [0.25, 0.3) is 0 Å². The highest BCUT2D eigenvalue weighted by Gasteiger charge is 2.70. The number of benzene rings is 1. The molecule has 3 aliphatic carbocycles. The maximum Gasteiger partial charge on any atom is 0.105 e. The Bertz CT molecular complexity index is 1320. The predicted molar refractivity (Wildman–Crippen MR) is 154 cm³/mol. The van der Waals surface area contributed by atoms with E-state index in [2.05, 4.69) is 68.8 Å². The summed E-state index contributed by atoms with van der Waals surface area (Å²) < 4.78 is 7.33. The molecular formula is C33H42N2O3. The van der Waals surface area contributed by atoms with Gasteiger partial charge < -0.3 is 19.8 Å². The number of ether oxygens (including phenoxy) is 1. The molecule has 7 atom stereocenters. The van der Waals surface area contributed by atoms with Crippen molar-refractivity contribution < 1.29 is 14.9 Å². The third-order valence-corrected chi connectivity index (χ3v) is 11.0. The lowest BCUT2D eigenvalue weighted by molar-refractivity contribution is -0.170. The fourth-order valence-corrected chi connectivity index (χ4v) is 8.69. The molecule has 5 heteroatoms. The van der Waals surface area contributed by atoms with Crippen LogP contribution in [-0.2, 0) is 4.74 Å². The first-order valence-electron chi connectivity index (χ1n) is 14.0. The van der Waals surface area contributed by atoms with Crippen LogP contribution < -0.4 is 0 Å². The molecular weight excluding hydrogens is 472 g/mol. The van der Waals surface area contributed by atoms with Gasteiger partial charge in [-0.2, -0.15) is 0 Å². The molecule has 5 nitrogen and oxygen atoms in total. The van der Waals surface area contributed by atoms with Gasteiger partial charge in [-0.1, -0.05) is 63.8 Å². The van der Waals surface area contributed by atoms with Gasteiger partial charge >= 0.3 is 0 Å². The third kappa shape index (κ3) is 3.16. The highest BCUT2D eigenvalue weighted by molar-refractivity contribution is 5.87. The fourth-order valence-electron chi connectivity index (χ4n) is 8.69. The van der Waals surface area contributed by atoms with Gasteiger partial charge in [-0.15, -0.1) is 0 Å². The number of likely N-dealkylation sites (N-methyl/N-ethyl adjacent to an activating group) is 1. The summed E-state index contributed by atoms with van der Waals surface area (Å²) in [5.74, 6) is 0.281. The molecule has 2 spiro atoms. The zero-order valence-electron chi connectivity index (χ0n) is 23.7. The molecule has 1 saturated heterocycles. The van der Waals surface area contributed by atoms with Gasteiger partial charge in [0, 0.05) is 30.6 Å². The first-order chi connectivity index (χ1) is 17.9. The predicted octanol–water partition coefficient (Wildman–Crippen LogP) is 5.04. The Morgan fingerprint density at radius 1 is 1.13 bits per heavy atom. The van der Waals surface area contributed by atoms with Crippen molar-refractivity contribution >= 4 is 17.9 Å². The van der Waals surface area contributed by atoms with Gasteiger partial charge in [0.15, 0.2) is 0 Å². The summed E-state index contributed by atoms with van der Waals surface area (Å²) in [5.41, 5.74) is 5.66. The lowest BCUT2D eigenvalue weighted by Gasteiger charge is -2.60. The molecule has 202 valence electrons. The van der Waals surface area contributed by atoms with Gasteiger partial charge in [0.2, 0.25) is 0 Å². The minimum absolute atomic E-state index is 0.139. The standard InChI is InChI=1S/C33H42N2O3/c1-8-20-15-21(9-10-22(20)19-34-5)24-11-12-27-31(24,4)30(2,3)17-23-16-25-28(36)29(37)26(35(6)7)18-32(25)13-14-33(23,27)38-32/h8-11,15-17,19,26-29,36-37H,1,12-14,18H2,2-7H3/t26-,27?,28+,29+,31+,32+,33+/m0/s1. The van der Waals surface area contributed by atoms with Crippen molar-refractivity contribution in [3.63, 3.8) is 0 Å². The number of hydrogen-bond donors (Lipinski definition) is 2. The highest BCUT2D eigenvalue weighted by Crippen LogP contribution is 2.71. The average molecular weight is 515 g/mol. The van der Waals surface area contributed by atoms with Crippen LogP contribution in [0.1, 0.15) is 63.1 Å². The van der Waals surface area contributed by atoms with E-state index in [0.717, 1.165) is 36.0 Å². The molecule has 2 N–H and O–H groups in total. The van der Waals surface area contributed by atoms with Gasteiger partial charge in [-0.3, -0.25) is 4.99 Å². The molecule has 1 aromatic rings. The summed E-state index contributed by atoms with van der Waals surface area (Å²) in [6.07, 6.45) is 12.6. The molecule has 0 radical (unpaired) electrons. The van der Waals surface area contributed by atoms with Crippen molar-refractivity contribution in [2.24, 2.45) is 21.7 Å². The number of aliphatic hydroxyl groups excluding tert-OH is 2. The van der Waals surface area contributed by atoms with Crippen molar-refractivity contribution in [3.8, 4) is 0 Å². The van der Waals surface area contributed by atoms with E-state index in [4.69, 9.17) is 4.74 Å². The van der Waals surface area contributed by atoms with E-state index in [9.17, 15) is 10.2 Å². The number of aliphatic imine (C=N–C) groups is 1. The van der Waals surface area contributed by atoms with Crippen LogP contribution in [0.15, 0.2) is 59.1 Å². The second-order valence-electron chi connectivity index (χ2n) is 13.1. The quantitative estimate of drug-likeness (QED) is 0.553. The molecule has 1 saturated carbocycles. The molecule has 2 bridgehead atoms. The number of aliphatic hydroxyl groups is 2. The number of fused-ring (bicyclic) bond motifs is 1. The molecule has 5 aliphatic rings. The Morgan fingerprint density at radius 2 is 1.89 bits per heavy atom. The van der Waals surface area contributed by atoms with Crippen molar-refractivity contribution in [1.29, 1.82) is 0 Å². The summed E-state index contributed by atoms with van der Waals surface area (Å²) in [6.45, 7) is 11.2. The largest absolute Gasteiger partial charge is 0.388 e. The lowest BCUT2D eigenvalue weighted by atomic mass is 9.49. The first-order valence-corrected chi connectivity index (χ1v) is 14.0. The molecule has 38 heavy (non-hydrogen) atoms. The number of nitrogens with zero attached hydrogens (tertiary/aromatic N) is 2. The van der Waals surface area contributed by atoms with E-state index in [0.29, 0.717) is 6.42 Å². The monoisotopic (exact) mass is 514 g/mol. The van der Waals surface area contributed by atoms with Crippen LogP contribution in [0, 0.1) is 16.7 Å². The van der Waals surface area contributed by atoms with Crippen LogP contribution in [0.5, 0.6) is 0 Å². The summed E-state index contributed by atoms with van der Waals surface area (Å²) in [6, 6.07) is 6.49. The van der Waals surface area contributed by atoms with E-state index < -0.39 is 17.8 Å². The van der Waals surface area contributed by atoms with Crippen molar-refractivity contribution in [1.82, 2.24) is 4.90 Å².